The van der Waals surface area contributed by atoms with E-state index in [1.165, 1.54) is 12.1 Å². The van der Waals surface area contributed by atoms with Gasteiger partial charge in [-0.15, -0.1) is 11.3 Å². The number of thiophene rings is 1. The Morgan fingerprint density at radius 1 is 0.667 bits per heavy atom. The largest absolute Gasteiger partial charge is 0.309 e. The van der Waals surface area contributed by atoms with E-state index in [1.807, 2.05) is 36.4 Å². The molecule has 7 rings (SSSR count). The molecule has 0 N–H and O–H groups in total. The van der Waals surface area contributed by atoms with Crippen LogP contribution in [0.3, 0.4) is 0 Å². The van der Waals surface area contributed by atoms with Crippen LogP contribution in [0.1, 0.15) is 8.22 Å². The smallest absolute Gasteiger partial charge is 0.0645 e. The maximum Gasteiger partial charge on any atom is 0.0645 e. The zero-order chi connectivity index (χ0) is 27.2. The third-order valence-electron chi connectivity index (χ3n) is 6.02. The average Bonchev–Trinajstić information content (AvgIpc) is 3.48. The second-order valence-corrected chi connectivity index (χ2v) is 9.33. The fourth-order valence-corrected chi connectivity index (χ4v) is 6.04. The Morgan fingerprint density at radius 3 is 2.18 bits per heavy atom. The molecule has 0 saturated heterocycles. The maximum absolute atomic E-state index is 8.82. The van der Waals surface area contributed by atoms with E-state index in [1.54, 1.807) is 22.0 Å². The lowest BCUT2D eigenvalue weighted by atomic mass is 10.0. The van der Waals surface area contributed by atoms with E-state index in [2.05, 4.69) is 18.2 Å². The predicted octanol–water partition coefficient (Wildman–Crippen LogP) is 9.47. The van der Waals surface area contributed by atoms with Crippen LogP contribution in [0.15, 0.2) is 109 Å². The number of aromatic nitrogens is 1. The number of fused-ring (bicyclic) bond motifs is 6. The Bertz CT molecular complexity index is 2090. The van der Waals surface area contributed by atoms with Crippen LogP contribution in [0.25, 0.3) is 58.8 Å². The summed E-state index contributed by atoms with van der Waals surface area (Å²) in [4.78, 5) is 0. The molecule has 0 aliphatic carbocycles. The Kier molecular flexibility index (Phi) is 3.02. The van der Waals surface area contributed by atoms with Gasteiger partial charge in [0.15, 0.2) is 0 Å². The highest BCUT2D eigenvalue weighted by Crippen LogP contribution is 2.43. The van der Waals surface area contributed by atoms with Crippen molar-refractivity contribution in [3.8, 4) is 16.8 Å². The molecule has 0 aliphatic heterocycles. The number of rotatable bonds is 2. The summed E-state index contributed by atoms with van der Waals surface area (Å²) in [6, 6.07) is 21.9. The number of hydrogen-bond acceptors (Lipinski definition) is 1. The monoisotopic (exact) mass is 465 g/mol. The minimum atomic E-state index is -0.140. The molecule has 156 valence electrons. The maximum atomic E-state index is 8.82. The zero-order valence-electron chi connectivity index (χ0n) is 23.2. The lowest BCUT2D eigenvalue weighted by Gasteiger charge is -2.15. The highest BCUT2D eigenvalue weighted by atomic mass is 35.5. The molecular weight excluding hydrogens is 442 g/mol. The van der Waals surface area contributed by atoms with Crippen LogP contribution in [0.4, 0.5) is 0 Å². The molecule has 0 aliphatic rings. The van der Waals surface area contributed by atoms with Crippen LogP contribution in [-0.4, -0.2) is 4.57 Å². The van der Waals surface area contributed by atoms with Crippen molar-refractivity contribution in [2.75, 3.05) is 0 Å². The summed E-state index contributed by atoms with van der Waals surface area (Å²) < 4.78 is 55.5. The Labute approximate surface area is 208 Å². The number of nitrogens with zero attached hydrogens (tertiary/aromatic N) is 1. The van der Waals surface area contributed by atoms with E-state index in [4.69, 9.17) is 19.8 Å². The quantitative estimate of drug-likeness (QED) is 0.239. The van der Waals surface area contributed by atoms with Gasteiger partial charge in [-0.25, -0.2) is 0 Å². The highest BCUT2D eigenvalue weighted by molar-refractivity contribution is 7.26. The Balaban J connectivity index is 1.69. The summed E-state index contributed by atoms with van der Waals surface area (Å²) >= 11 is 8.24. The molecule has 0 fully saturated rings. The van der Waals surface area contributed by atoms with Gasteiger partial charge in [0, 0.05) is 47.1 Å². The number of para-hydroxylation sites is 2. The van der Waals surface area contributed by atoms with E-state index >= 15 is 0 Å². The molecule has 5 aromatic carbocycles. The number of halogens is 1. The van der Waals surface area contributed by atoms with Gasteiger partial charge < -0.3 is 4.57 Å². The van der Waals surface area contributed by atoms with Gasteiger partial charge in [-0.05, 0) is 36.4 Å². The zero-order valence-corrected chi connectivity index (χ0v) is 18.7. The van der Waals surface area contributed by atoms with Gasteiger partial charge in [0.05, 0.1) is 24.9 Å². The minimum Gasteiger partial charge on any atom is -0.309 e. The van der Waals surface area contributed by atoms with Crippen LogP contribution < -0.4 is 0 Å². The second kappa shape index (κ2) is 7.21. The van der Waals surface area contributed by atoms with Crippen LogP contribution in [0, 0.1) is 0 Å². The van der Waals surface area contributed by atoms with Crippen molar-refractivity contribution in [1.29, 1.82) is 0 Å². The van der Waals surface area contributed by atoms with Gasteiger partial charge in [0.2, 0.25) is 0 Å². The van der Waals surface area contributed by atoms with E-state index in [0.29, 0.717) is 21.7 Å². The van der Waals surface area contributed by atoms with Gasteiger partial charge in [0.25, 0.3) is 0 Å². The van der Waals surface area contributed by atoms with Crippen LogP contribution in [-0.2, 0) is 0 Å². The molecule has 0 bridgehead atoms. The molecule has 0 radical (unpaired) electrons. The van der Waals surface area contributed by atoms with Crippen molar-refractivity contribution in [2.45, 2.75) is 0 Å². The molecule has 0 spiro atoms. The van der Waals surface area contributed by atoms with Crippen molar-refractivity contribution in [3.63, 3.8) is 0 Å². The van der Waals surface area contributed by atoms with E-state index in [-0.39, 0.29) is 47.0 Å². The van der Waals surface area contributed by atoms with Crippen molar-refractivity contribution < 1.29 is 8.22 Å². The SMILES string of the molecule is [2H]c1cc([2H])c2c(c1[2H])c1c([2H])c([2H])cc([2H])c1n2-c1ccc(Cl)cc1-c1cccc2c1sc1ccccc12. The molecule has 7 aromatic rings. The van der Waals surface area contributed by atoms with E-state index in [9.17, 15) is 0 Å². The van der Waals surface area contributed by atoms with Crippen molar-refractivity contribution in [2.24, 2.45) is 0 Å². The summed E-state index contributed by atoms with van der Waals surface area (Å²) in [5.41, 5.74) is 3.00. The molecule has 33 heavy (non-hydrogen) atoms. The van der Waals surface area contributed by atoms with E-state index in [0.717, 1.165) is 31.3 Å². The lowest BCUT2D eigenvalue weighted by molar-refractivity contribution is 1.18. The minimum absolute atomic E-state index is 0.00787. The van der Waals surface area contributed by atoms with Crippen LogP contribution in [0.2, 0.25) is 5.02 Å². The summed E-state index contributed by atoms with van der Waals surface area (Å²) in [5.74, 6) is 0. The van der Waals surface area contributed by atoms with Crippen molar-refractivity contribution in [1.82, 2.24) is 4.57 Å². The molecule has 2 heterocycles. The molecule has 0 saturated carbocycles. The average molecular weight is 466 g/mol. The normalized spacial score (nSPS) is 14.3. The summed E-state index contributed by atoms with van der Waals surface area (Å²) in [6.45, 7) is 0. The molecule has 0 atom stereocenters. The molecule has 0 amide bonds. The number of benzene rings is 5. The fourth-order valence-electron chi connectivity index (χ4n) is 4.63. The first-order valence-electron chi connectivity index (χ1n) is 13.5. The van der Waals surface area contributed by atoms with Gasteiger partial charge in [0.1, 0.15) is 0 Å². The van der Waals surface area contributed by atoms with Crippen molar-refractivity contribution in [3.05, 3.63) is 114 Å². The van der Waals surface area contributed by atoms with Crippen molar-refractivity contribution >= 4 is 64.9 Å². The first-order chi connectivity index (χ1) is 18.8. The van der Waals surface area contributed by atoms with Crippen LogP contribution >= 0.6 is 22.9 Å². The topological polar surface area (TPSA) is 4.93 Å². The molecular formula is C30H18ClNS. The highest BCUT2D eigenvalue weighted by Gasteiger charge is 2.18. The van der Waals surface area contributed by atoms with E-state index < -0.39 is 0 Å². The fraction of sp³-hybridized carbons (Fsp3) is 0. The van der Waals surface area contributed by atoms with Gasteiger partial charge in [-0.3, -0.25) is 0 Å². The van der Waals surface area contributed by atoms with Gasteiger partial charge in [-0.2, -0.15) is 0 Å². The summed E-state index contributed by atoms with van der Waals surface area (Å²) in [7, 11) is 0. The third kappa shape index (κ3) is 2.78. The first-order valence-corrected chi connectivity index (χ1v) is 11.7. The molecule has 0 unspecified atom stereocenters. The van der Waals surface area contributed by atoms with Gasteiger partial charge in [-0.1, -0.05) is 84.3 Å². The Morgan fingerprint density at radius 2 is 1.39 bits per heavy atom. The summed E-state index contributed by atoms with van der Waals surface area (Å²) in [6.07, 6.45) is 0. The molecule has 1 nitrogen and oxygen atoms in total. The third-order valence-corrected chi connectivity index (χ3v) is 7.48. The van der Waals surface area contributed by atoms with Crippen LogP contribution in [0.5, 0.6) is 0 Å². The lowest BCUT2D eigenvalue weighted by Crippen LogP contribution is -1.97. The number of hydrogen-bond donors (Lipinski definition) is 0. The first kappa shape index (κ1) is 13.8. The standard InChI is InChI=1S/C30H18ClNS/c31-19-16-17-28(32-26-13-4-1-8-20(26)21-9-2-5-14-27(21)32)25(18-19)24-12-7-11-23-22-10-3-6-15-29(22)33-30(23)24/h1-18H/i1D,2D,8D,9D,13D,14D. The van der Waals surface area contributed by atoms with Gasteiger partial charge >= 0.3 is 0 Å². The predicted molar refractivity (Wildman–Crippen MR) is 144 cm³/mol. The second-order valence-electron chi connectivity index (χ2n) is 7.84. The Hall–Kier alpha value is -3.59. The summed E-state index contributed by atoms with van der Waals surface area (Å²) in [5, 5.41) is 3.26. The molecule has 3 heteroatoms. The molecule has 2 aromatic heterocycles.